The largest absolute Gasteiger partial charge is 0.504 e. The molecule has 0 spiro atoms. The van der Waals surface area contributed by atoms with Crippen LogP contribution in [0.1, 0.15) is 30.4 Å². The number of hydrogen-bond donors (Lipinski definition) is 2. The minimum absolute atomic E-state index is 0.00635. The molecule has 2 bridgehead atoms. The maximum atomic E-state index is 10.9. The van der Waals surface area contributed by atoms with Gasteiger partial charge in [-0.2, -0.15) is 0 Å². The molecule has 0 radical (unpaired) electrons. The molecule has 1 heterocycles. The summed E-state index contributed by atoms with van der Waals surface area (Å²) < 4.78 is 11.1. The molecule has 3 N–H and O–H groups in total. The highest BCUT2D eigenvalue weighted by atomic mass is 16.5. The predicted molar refractivity (Wildman–Crippen MR) is 92.6 cm³/mol. The Balaban J connectivity index is 1.89. The van der Waals surface area contributed by atoms with E-state index >= 15 is 0 Å². The molecule has 0 amide bonds. The number of nitrogens with two attached hydrogens (primary N) is 1. The lowest BCUT2D eigenvalue weighted by Gasteiger charge is -2.60. The molecule has 2 aliphatic carbocycles. The van der Waals surface area contributed by atoms with Gasteiger partial charge in [-0.1, -0.05) is 6.07 Å². The molecular weight excluding hydrogens is 304 g/mol. The van der Waals surface area contributed by atoms with Crippen molar-refractivity contribution in [3.63, 3.8) is 0 Å². The second-order valence-corrected chi connectivity index (χ2v) is 7.79. The fraction of sp³-hybridized carbons (Fsp3) is 0.684. The van der Waals surface area contributed by atoms with Crippen molar-refractivity contribution in [1.82, 2.24) is 4.90 Å². The molecular formula is C19H28N2O3. The Morgan fingerprint density at radius 1 is 1.33 bits per heavy atom. The van der Waals surface area contributed by atoms with Crippen molar-refractivity contribution in [2.24, 2.45) is 11.7 Å². The predicted octanol–water partition coefficient (Wildman–Crippen LogP) is 1.65. The van der Waals surface area contributed by atoms with E-state index in [-0.39, 0.29) is 17.6 Å². The number of piperidine rings is 1. The van der Waals surface area contributed by atoms with Gasteiger partial charge in [0.25, 0.3) is 0 Å². The van der Waals surface area contributed by atoms with Crippen LogP contribution < -0.4 is 10.5 Å². The molecule has 1 aromatic rings. The summed E-state index contributed by atoms with van der Waals surface area (Å²) in [5.41, 5.74) is 8.78. The number of nitrogens with zero attached hydrogens (tertiary/aromatic N) is 1. The number of aromatic hydroxyl groups is 1. The Morgan fingerprint density at radius 3 is 2.83 bits per heavy atom. The molecule has 1 saturated carbocycles. The van der Waals surface area contributed by atoms with Crippen LogP contribution in [-0.4, -0.2) is 56.0 Å². The van der Waals surface area contributed by atoms with Gasteiger partial charge in [-0.25, -0.2) is 0 Å². The Morgan fingerprint density at radius 2 is 2.12 bits per heavy atom. The zero-order valence-corrected chi connectivity index (χ0v) is 14.8. The zero-order chi connectivity index (χ0) is 17.1. The second-order valence-electron chi connectivity index (χ2n) is 7.79. The highest BCUT2D eigenvalue weighted by Crippen LogP contribution is 2.58. The molecule has 132 valence electrons. The maximum absolute atomic E-state index is 10.9. The van der Waals surface area contributed by atoms with Crippen molar-refractivity contribution >= 4 is 0 Å². The van der Waals surface area contributed by atoms with Gasteiger partial charge in [0.1, 0.15) is 0 Å². The van der Waals surface area contributed by atoms with E-state index in [1.54, 1.807) is 14.2 Å². The molecule has 5 heteroatoms. The van der Waals surface area contributed by atoms with Crippen molar-refractivity contribution in [2.45, 2.75) is 49.3 Å². The first-order valence-corrected chi connectivity index (χ1v) is 8.89. The maximum Gasteiger partial charge on any atom is 0.161 e. The van der Waals surface area contributed by atoms with Crippen LogP contribution in [0.2, 0.25) is 0 Å². The van der Waals surface area contributed by atoms with Crippen LogP contribution in [-0.2, 0) is 16.6 Å². The smallest absolute Gasteiger partial charge is 0.161 e. The van der Waals surface area contributed by atoms with E-state index < -0.39 is 0 Å². The number of benzene rings is 1. The number of phenolic OH excluding ortho intramolecular Hbond substituents is 1. The van der Waals surface area contributed by atoms with E-state index in [4.69, 9.17) is 15.2 Å². The molecule has 1 saturated heterocycles. The lowest BCUT2D eigenvalue weighted by Crippen LogP contribution is -2.65. The lowest BCUT2D eigenvalue weighted by molar-refractivity contribution is -0.0628. The van der Waals surface area contributed by atoms with Crippen molar-refractivity contribution in [1.29, 1.82) is 0 Å². The van der Waals surface area contributed by atoms with Gasteiger partial charge in [0.15, 0.2) is 11.5 Å². The highest BCUT2D eigenvalue weighted by Gasteiger charge is 2.57. The first kappa shape index (κ1) is 16.2. The molecule has 5 nitrogen and oxygen atoms in total. The van der Waals surface area contributed by atoms with Crippen molar-refractivity contribution < 1.29 is 14.6 Å². The molecule has 5 atom stereocenters. The van der Waals surface area contributed by atoms with Gasteiger partial charge in [0, 0.05) is 30.2 Å². The number of methoxy groups -OCH3 is 2. The standard InChI is InChI=1S/C19H28N2O3/c1-21-7-6-19-10-13(20)16(24-3)9-12(19)14(21)8-11-4-5-15(23-2)18(22)17(11)19/h4-5,12-14,16,22H,6-10,20H2,1-3H3/t12-,13?,14+,16?,19-/m0/s1. The zero-order valence-electron chi connectivity index (χ0n) is 14.8. The van der Waals surface area contributed by atoms with Crippen LogP contribution in [0.25, 0.3) is 0 Å². The van der Waals surface area contributed by atoms with Crippen molar-refractivity contribution in [3.8, 4) is 11.5 Å². The topological polar surface area (TPSA) is 68.0 Å². The summed E-state index contributed by atoms with van der Waals surface area (Å²) in [6, 6.07) is 4.52. The molecule has 1 aromatic carbocycles. The average Bonchev–Trinajstić information content (AvgIpc) is 2.57. The molecule has 24 heavy (non-hydrogen) atoms. The van der Waals surface area contributed by atoms with E-state index in [1.807, 2.05) is 6.07 Å². The van der Waals surface area contributed by atoms with Crippen LogP contribution in [0, 0.1) is 5.92 Å². The fourth-order valence-corrected chi connectivity index (χ4v) is 5.73. The number of ether oxygens (including phenoxy) is 2. The lowest BCUT2D eigenvalue weighted by atomic mass is 9.51. The third-order valence-corrected chi connectivity index (χ3v) is 6.89. The molecule has 2 fully saturated rings. The SMILES string of the molecule is COc1ccc2c(c1O)[C@]13CCN(C)[C@H](C2)[C@@H]1CC(OC)C(N)C3. The average molecular weight is 332 g/mol. The van der Waals surface area contributed by atoms with Gasteiger partial charge in [-0.05, 0) is 56.8 Å². The summed E-state index contributed by atoms with van der Waals surface area (Å²) in [7, 11) is 5.60. The summed E-state index contributed by atoms with van der Waals surface area (Å²) in [5, 5.41) is 10.9. The second kappa shape index (κ2) is 5.61. The third-order valence-electron chi connectivity index (χ3n) is 6.89. The quantitative estimate of drug-likeness (QED) is 0.862. The van der Waals surface area contributed by atoms with E-state index in [0.29, 0.717) is 23.5 Å². The number of phenols is 1. The summed E-state index contributed by atoms with van der Waals surface area (Å²) in [4.78, 5) is 2.48. The first-order valence-electron chi connectivity index (χ1n) is 8.89. The molecule has 2 unspecified atom stereocenters. The monoisotopic (exact) mass is 332 g/mol. The van der Waals surface area contributed by atoms with E-state index in [9.17, 15) is 5.11 Å². The summed E-state index contributed by atoms with van der Waals surface area (Å²) >= 11 is 0. The number of fused-ring (bicyclic) bond motifs is 1. The number of hydrogen-bond acceptors (Lipinski definition) is 5. The van der Waals surface area contributed by atoms with Gasteiger partial charge in [-0.15, -0.1) is 0 Å². The van der Waals surface area contributed by atoms with E-state index in [0.717, 1.165) is 37.8 Å². The molecule has 4 rings (SSSR count). The number of likely N-dealkylation sites (tertiary alicyclic amines) is 1. The van der Waals surface area contributed by atoms with Gasteiger partial charge in [-0.3, -0.25) is 0 Å². The minimum atomic E-state index is -0.0577. The number of rotatable bonds is 2. The van der Waals surface area contributed by atoms with Gasteiger partial charge < -0.3 is 25.2 Å². The Hall–Kier alpha value is -1.30. The van der Waals surface area contributed by atoms with Crippen molar-refractivity contribution in [2.75, 3.05) is 27.8 Å². The summed E-state index contributed by atoms with van der Waals surface area (Å²) in [6.07, 6.45) is 3.94. The summed E-state index contributed by atoms with van der Waals surface area (Å²) in [5.74, 6) is 1.36. The fourth-order valence-electron chi connectivity index (χ4n) is 5.73. The molecule has 3 aliphatic rings. The minimum Gasteiger partial charge on any atom is -0.504 e. The number of likely N-dealkylation sites (N-methyl/N-ethyl adjacent to an activating group) is 1. The molecule has 0 aromatic heterocycles. The van der Waals surface area contributed by atoms with Crippen LogP contribution >= 0.6 is 0 Å². The van der Waals surface area contributed by atoms with Gasteiger partial charge in [0.05, 0.1) is 13.2 Å². The molecule has 1 aliphatic heterocycles. The van der Waals surface area contributed by atoms with Crippen LogP contribution in [0.3, 0.4) is 0 Å². The summed E-state index contributed by atoms with van der Waals surface area (Å²) in [6.45, 7) is 1.04. The third kappa shape index (κ3) is 2.04. The van der Waals surface area contributed by atoms with Gasteiger partial charge >= 0.3 is 0 Å². The van der Waals surface area contributed by atoms with Crippen molar-refractivity contribution in [3.05, 3.63) is 23.3 Å². The Bertz CT molecular complexity index is 650. The van der Waals surface area contributed by atoms with Crippen LogP contribution in [0.15, 0.2) is 12.1 Å². The normalized spacial score (nSPS) is 38.3. The van der Waals surface area contributed by atoms with Crippen LogP contribution in [0.4, 0.5) is 0 Å². The van der Waals surface area contributed by atoms with Crippen LogP contribution in [0.5, 0.6) is 11.5 Å². The van der Waals surface area contributed by atoms with E-state index in [1.165, 1.54) is 5.56 Å². The first-order chi connectivity index (χ1) is 11.5. The van der Waals surface area contributed by atoms with Gasteiger partial charge in [0.2, 0.25) is 0 Å². The highest BCUT2D eigenvalue weighted by molar-refractivity contribution is 5.56. The van der Waals surface area contributed by atoms with E-state index in [2.05, 4.69) is 18.0 Å². The Labute approximate surface area is 143 Å². The Kier molecular flexibility index (Phi) is 3.79.